The fourth-order valence-electron chi connectivity index (χ4n) is 1.26. The number of hydrogen-bond acceptors (Lipinski definition) is 3. The second-order valence-corrected chi connectivity index (χ2v) is 6.79. The van der Waals surface area contributed by atoms with Gasteiger partial charge in [0.05, 0.1) is 11.6 Å². The molecule has 0 aliphatic carbocycles. The minimum Gasteiger partial charge on any atom is -0.389 e. The molecule has 1 unspecified atom stereocenters. The van der Waals surface area contributed by atoms with Crippen molar-refractivity contribution in [1.29, 1.82) is 0 Å². The van der Waals surface area contributed by atoms with Gasteiger partial charge in [-0.25, -0.2) is 0 Å². The summed E-state index contributed by atoms with van der Waals surface area (Å²) in [5.41, 5.74) is -1.68. The van der Waals surface area contributed by atoms with E-state index in [9.17, 15) is 9.90 Å². The smallest absolute Gasteiger partial charge is 0.237 e. The molecule has 0 saturated carbocycles. The molecule has 0 aromatic heterocycles. The Balaban J connectivity index is 4.56. The van der Waals surface area contributed by atoms with Gasteiger partial charge in [-0.3, -0.25) is 10.1 Å². The van der Waals surface area contributed by atoms with Crippen molar-refractivity contribution in [1.82, 2.24) is 10.6 Å². The van der Waals surface area contributed by atoms with Crippen LogP contribution in [0.15, 0.2) is 0 Å². The molecule has 102 valence electrons. The van der Waals surface area contributed by atoms with E-state index in [4.69, 9.17) is 0 Å². The SMILES string of the molecule is CC(NC(C)(C)C(C)(C)O)C(=O)NC(C)(C)C. The monoisotopic (exact) mass is 244 g/mol. The van der Waals surface area contributed by atoms with Crippen LogP contribution in [0, 0.1) is 0 Å². The summed E-state index contributed by atoms with van der Waals surface area (Å²) in [5, 5.41) is 16.1. The molecule has 0 bridgehead atoms. The molecule has 3 N–H and O–H groups in total. The van der Waals surface area contributed by atoms with Crippen LogP contribution in [0.1, 0.15) is 55.4 Å². The molecule has 1 atom stereocenters. The van der Waals surface area contributed by atoms with Crippen LogP contribution >= 0.6 is 0 Å². The molecule has 0 aliphatic rings. The lowest BCUT2D eigenvalue weighted by atomic mass is 9.85. The predicted molar refractivity (Wildman–Crippen MR) is 70.9 cm³/mol. The van der Waals surface area contributed by atoms with E-state index < -0.39 is 11.1 Å². The molecule has 0 aliphatic heterocycles. The van der Waals surface area contributed by atoms with Crippen LogP contribution in [0.2, 0.25) is 0 Å². The zero-order valence-corrected chi connectivity index (χ0v) is 12.4. The molecule has 0 radical (unpaired) electrons. The van der Waals surface area contributed by atoms with E-state index in [0.29, 0.717) is 0 Å². The fourth-order valence-corrected chi connectivity index (χ4v) is 1.26. The number of aliphatic hydroxyl groups is 1. The Bertz CT molecular complexity index is 272. The van der Waals surface area contributed by atoms with Crippen LogP contribution in [0.4, 0.5) is 0 Å². The highest BCUT2D eigenvalue weighted by molar-refractivity contribution is 5.82. The lowest BCUT2D eigenvalue weighted by molar-refractivity contribution is -0.125. The molecule has 17 heavy (non-hydrogen) atoms. The molecular weight excluding hydrogens is 216 g/mol. The number of amides is 1. The van der Waals surface area contributed by atoms with Crippen molar-refractivity contribution >= 4 is 5.91 Å². The highest BCUT2D eigenvalue weighted by Crippen LogP contribution is 2.21. The number of hydrogen-bond donors (Lipinski definition) is 3. The number of carbonyl (C=O) groups excluding carboxylic acids is 1. The second kappa shape index (κ2) is 4.94. The lowest BCUT2D eigenvalue weighted by Crippen LogP contribution is -2.62. The molecule has 0 rings (SSSR count). The van der Waals surface area contributed by atoms with E-state index in [0.717, 1.165) is 0 Å². The third kappa shape index (κ3) is 5.50. The van der Waals surface area contributed by atoms with Gasteiger partial charge < -0.3 is 10.4 Å². The van der Waals surface area contributed by atoms with Crippen LogP contribution in [0.3, 0.4) is 0 Å². The molecule has 0 heterocycles. The molecule has 0 aromatic rings. The van der Waals surface area contributed by atoms with E-state index >= 15 is 0 Å². The molecule has 0 saturated heterocycles. The number of nitrogens with one attached hydrogen (secondary N) is 2. The molecular formula is C13H28N2O2. The fraction of sp³-hybridized carbons (Fsp3) is 0.923. The standard InChI is InChI=1S/C13H28N2O2/c1-9(10(16)15-11(2,3)4)14-12(5,6)13(7,8)17/h9,14,17H,1-8H3,(H,15,16). The van der Waals surface area contributed by atoms with Crippen molar-refractivity contribution in [2.45, 2.75) is 78.1 Å². The Morgan fingerprint density at radius 2 is 1.47 bits per heavy atom. The highest BCUT2D eigenvalue weighted by atomic mass is 16.3. The third-order valence-corrected chi connectivity index (χ3v) is 3.00. The summed E-state index contributed by atoms with van der Waals surface area (Å²) in [6, 6.07) is -0.351. The van der Waals surface area contributed by atoms with Crippen molar-refractivity contribution in [3.8, 4) is 0 Å². The van der Waals surface area contributed by atoms with Crippen LogP contribution in [-0.4, -0.2) is 33.7 Å². The van der Waals surface area contributed by atoms with E-state index in [-0.39, 0.29) is 17.5 Å². The maximum atomic E-state index is 11.9. The first kappa shape index (κ1) is 16.4. The zero-order valence-electron chi connectivity index (χ0n) is 12.4. The van der Waals surface area contributed by atoms with Crippen LogP contribution < -0.4 is 10.6 Å². The summed E-state index contributed by atoms with van der Waals surface area (Å²) >= 11 is 0. The van der Waals surface area contributed by atoms with E-state index in [1.807, 2.05) is 34.6 Å². The average Bonchev–Trinajstić information content (AvgIpc) is 1.97. The highest BCUT2D eigenvalue weighted by Gasteiger charge is 2.37. The summed E-state index contributed by atoms with van der Waals surface area (Å²) < 4.78 is 0. The lowest BCUT2D eigenvalue weighted by Gasteiger charge is -2.40. The van der Waals surface area contributed by atoms with Crippen LogP contribution in [0.25, 0.3) is 0 Å². The first-order valence-electron chi connectivity index (χ1n) is 6.08. The molecule has 4 heteroatoms. The largest absolute Gasteiger partial charge is 0.389 e. The molecule has 0 fully saturated rings. The van der Waals surface area contributed by atoms with Gasteiger partial charge in [-0.1, -0.05) is 0 Å². The van der Waals surface area contributed by atoms with Gasteiger partial charge in [-0.05, 0) is 55.4 Å². The number of rotatable bonds is 4. The maximum Gasteiger partial charge on any atom is 0.237 e. The number of carbonyl (C=O) groups is 1. The van der Waals surface area contributed by atoms with E-state index in [2.05, 4.69) is 10.6 Å². The Morgan fingerprint density at radius 3 is 1.76 bits per heavy atom. The quantitative estimate of drug-likeness (QED) is 0.701. The first-order valence-corrected chi connectivity index (χ1v) is 6.08. The second-order valence-electron chi connectivity index (χ2n) is 6.79. The van der Waals surface area contributed by atoms with Crippen molar-refractivity contribution < 1.29 is 9.90 Å². The maximum absolute atomic E-state index is 11.9. The van der Waals surface area contributed by atoms with Gasteiger partial charge in [0, 0.05) is 11.1 Å². The van der Waals surface area contributed by atoms with Gasteiger partial charge in [-0.15, -0.1) is 0 Å². The minimum atomic E-state index is -0.900. The van der Waals surface area contributed by atoms with Gasteiger partial charge in [-0.2, -0.15) is 0 Å². The van der Waals surface area contributed by atoms with Crippen LogP contribution in [-0.2, 0) is 4.79 Å². The van der Waals surface area contributed by atoms with Crippen molar-refractivity contribution in [3.63, 3.8) is 0 Å². The Labute approximate surface area is 105 Å². The van der Waals surface area contributed by atoms with Gasteiger partial charge in [0.25, 0.3) is 0 Å². The summed E-state index contributed by atoms with van der Waals surface area (Å²) in [7, 11) is 0. The van der Waals surface area contributed by atoms with E-state index in [1.165, 1.54) is 0 Å². The zero-order chi connectivity index (χ0) is 14.1. The summed E-state index contributed by atoms with van der Waals surface area (Å²) in [6.45, 7) is 14.9. The van der Waals surface area contributed by atoms with Crippen molar-refractivity contribution in [2.75, 3.05) is 0 Å². The Morgan fingerprint density at radius 1 is 1.06 bits per heavy atom. The molecule has 1 amide bonds. The van der Waals surface area contributed by atoms with Crippen LogP contribution in [0.5, 0.6) is 0 Å². The van der Waals surface area contributed by atoms with Crippen molar-refractivity contribution in [2.24, 2.45) is 0 Å². The summed E-state index contributed by atoms with van der Waals surface area (Å²) in [4.78, 5) is 11.9. The van der Waals surface area contributed by atoms with Gasteiger partial charge in [0.2, 0.25) is 5.91 Å². The average molecular weight is 244 g/mol. The predicted octanol–water partition coefficient (Wildman–Crippen LogP) is 1.43. The minimum absolute atomic E-state index is 0.0603. The third-order valence-electron chi connectivity index (χ3n) is 3.00. The molecule has 4 nitrogen and oxygen atoms in total. The van der Waals surface area contributed by atoms with Gasteiger partial charge >= 0.3 is 0 Å². The topological polar surface area (TPSA) is 61.4 Å². The molecule has 0 aromatic carbocycles. The van der Waals surface area contributed by atoms with Crippen molar-refractivity contribution in [3.05, 3.63) is 0 Å². The summed E-state index contributed by atoms with van der Waals surface area (Å²) in [5.74, 6) is -0.0603. The normalized spacial score (nSPS) is 15.6. The van der Waals surface area contributed by atoms with E-state index in [1.54, 1.807) is 20.8 Å². The first-order chi connectivity index (χ1) is 7.26. The Kier molecular flexibility index (Phi) is 4.77. The molecule has 0 spiro atoms. The van der Waals surface area contributed by atoms with Gasteiger partial charge in [0.1, 0.15) is 0 Å². The summed E-state index contributed by atoms with van der Waals surface area (Å²) in [6.07, 6.45) is 0. The Hall–Kier alpha value is -0.610. The van der Waals surface area contributed by atoms with Gasteiger partial charge in [0.15, 0.2) is 0 Å².